The molecule has 2 amide bonds. The second kappa shape index (κ2) is 10.8. The maximum absolute atomic E-state index is 12.9. The smallest absolute Gasteiger partial charge is 0.252 e. The van der Waals surface area contributed by atoms with Crippen LogP contribution >= 0.6 is 0 Å². The summed E-state index contributed by atoms with van der Waals surface area (Å²) >= 11 is 0. The molecular weight excluding hydrogens is 440 g/mol. The van der Waals surface area contributed by atoms with Crippen molar-refractivity contribution in [3.8, 4) is 5.75 Å². The molecular formula is C29H28N2O4. The maximum atomic E-state index is 12.9. The first-order valence-corrected chi connectivity index (χ1v) is 11.6. The Morgan fingerprint density at radius 2 is 1.46 bits per heavy atom. The zero-order chi connectivity index (χ0) is 24.8. The van der Waals surface area contributed by atoms with Gasteiger partial charge in [-0.25, -0.2) is 0 Å². The van der Waals surface area contributed by atoms with E-state index in [4.69, 9.17) is 4.74 Å². The molecule has 1 aliphatic carbocycles. The van der Waals surface area contributed by atoms with Crippen molar-refractivity contribution in [1.82, 2.24) is 10.6 Å². The van der Waals surface area contributed by atoms with Gasteiger partial charge in [0.15, 0.2) is 5.78 Å². The summed E-state index contributed by atoms with van der Waals surface area (Å²) in [5.41, 5.74) is 4.25. The average Bonchev–Trinajstić information content (AvgIpc) is 3.70. The first-order chi connectivity index (χ1) is 16.9. The summed E-state index contributed by atoms with van der Waals surface area (Å²) in [7, 11) is 1.60. The van der Waals surface area contributed by atoms with Gasteiger partial charge in [0.25, 0.3) is 11.8 Å². The third-order valence-electron chi connectivity index (χ3n) is 5.86. The van der Waals surface area contributed by atoms with Crippen LogP contribution in [-0.4, -0.2) is 30.7 Å². The molecule has 1 aliphatic rings. The molecule has 3 aromatic carbocycles. The van der Waals surface area contributed by atoms with Crippen LogP contribution in [0.5, 0.6) is 5.75 Å². The van der Waals surface area contributed by atoms with E-state index < -0.39 is 0 Å². The van der Waals surface area contributed by atoms with Gasteiger partial charge in [0.1, 0.15) is 5.75 Å². The van der Waals surface area contributed by atoms with Crippen molar-refractivity contribution in [2.24, 2.45) is 0 Å². The van der Waals surface area contributed by atoms with Crippen molar-refractivity contribution in [3.63, 3.8) is 0 Å². The zero-order valence-corrected chi connectivity index (χ0v) is 19.8. The van der Waals surface area contributed by atoms with Crippen LogP contribution in [-0.2, 0) is 11.3 Å². The molecule has 0 heterocycles. The minimum absolute atomic E-state index is 0.00916. The third kappa shape index (κ3) is 6.44. The lowest BCUT2D eigenvalue weighted by Crippen LogP contribution is -2.26. The Morgan fingerprint density at radius 1 is 0.857 bits per heavy atom. The number of benzene rings is 3. The first-order valence-electron chi connectivity index (χ1n) is 11.6. The van der Waals surface area contributed by atoms with Crippen molar-refractivity contribution >= 4 is 29.2 Å². The molecule has 0 radical (unpaired) electrons. The summed E-state index contributed by atoms with van der Waals surface area (Å²) in [6, 6.07) is 21.9. The predicted molar refractivity (Wildman–Crippen MR) is 136 cm³/mol. The number of ether oxygens (including phenoxy) is 1. The Balaban J connectivity index is 1.46. The van der Waals surface area contributed by atoms with Crippen LogP contribution in [0.2, 0.25) is 0 Å². The topological polar surface area (TPSA) is 84.5 Å². The number of hydrogen-bond acceptors (Lipinski definition) is 4. The monoisotopic (exact) mass is 468 g/mol. The summed E-state index contributed by atoms with van der Waals surface area (Å²) in [6.07, 6.45) is 3.84. The molecule has 6 nitrogen and oxygen atoms in total. The Labute approximate surface area is 205 Å². The predicted octanol–water partition coefficient (Wildman–Crippen LogP) is 4.65. The number of Topliss-reactive ketones (excluding diaryl/α,β-unsaturated/α-hetero) is 1. The molecule has 4 rings (SSSR count). The van der Waals surface area contributed by atoms with Gasteiger partial charge < -0.3 is 15.4 Å². The van der Waals surface area contributed by atoms with Crippen LogP contribution in [0.15, 0.2) is 72.8 Å². The number of ketones is 1. The lowest BCUT2D eigenvalue weighted by Gasteiger charge is -2.10. The zero-order valence-electron chi connectivity index (χ0n) is 19.8. The maximum Gasteiger partial charge on any atom is 0.252 e. The molecule has 3 aromatic rings. The Bertz CT molecular complexity index is 1240. The number of rotatable bonds is 9. The molecule has 1 saturated carbocycles. The van der Waals surface area contributed by atoms with E-state index in [9.17, 15) is 14.4 Å². The van der Waals surface area contributed by atoms with Crippen molar-refractivity contribution in [2.75, 3.05) is 7.11 Å². The van der Waals surface area contributed by atoms with Crippen molar-refractivity contribution < 1.29 is 19.1 Å². The summed E-state index contributed by atoms with van der Waals surface area (Å²) in [5, 5.41) is 5.94. The van der Waals surface area contributed by atoms with Gasteiger partial charge in [-0.3, -0.25) is 14.4 Å². The normalized spacial score (nSPS) is 13.1. The average molecular weight is 469 g/mol. The highest BCUT2D eigenvalue weighted by Gasteiger charge is 2.25. The van der Waals surface area contributed by atoms with Crippen molar-refractivity contribution in [1.29, 1.82) is 0 Å². The van der Waals surface area contributed by atoms with E-state index in [0.29, 0.717) is 23.2 Å². The molecule has 178 valence electrons. The molecule has 0 aromatic heterocycles. The number of hydrogen-bond donors (Lipinski definition) is 2. The van der Waals surface area contributed by atoms with Crippen LogP contribution < -0.4 is 15.4 Å². The fraction of sp³-hybridized carbons (Fsp3) is 0.207. The highest BCUT2D eigenvalue weighted by atomic mass is 16.5. The van der Waals surface area contributed by atoms with Crippen LogP contribution in [0.4, 0.5) is 0 Å². The highest BCUT2D eigenvalue weighted by Crippen LogP contribution is 2.25. The van der Waals surface area contributed by atoms with Crippen LogP contribution in [0.1, 0.15) is 57.2 Å². The molecule has 2 N–H and O–H groups in total. The molecule has 1 fully saturated rings. The van der Waals surface area contributed by atoms with Gasteiger partial charge in [0.2, 0.25) is 0 Å². The number of amides is 2. The largest absolute Gasteiger partial charge is 0.497 e. The summed E-state index contributed by atoms with van der Waals surface area (Å²) in [6.45, 7) is 1.89. The number of nitrogens with one attached hydrogen (secondary N) is 2. The number of carbonyl (C=O) groups is 3. The minimum atomic E-state index is -0.196. The van der Waals surface area contributed by atoms with E-state index in [2.05, 4.69) is 10.6 Å². The van der Waals surface area contributed by atoms with E-state index in [1.807, 2.05) is 54.6 Å². The van der Waals surface area contributed by atoms with E-state index in [1.165, 1.54) is 6.92 Å². The quantitative estimate of drug-likeness (QED) is 0.272. The molecule has 0 aliphatic heterocycles. The molecule has 0 spiro atoms. The minimum Gasteiger partial charge on any atom is -0.497 e. The van der Waals surface area contributed by atoms with Crippen molar-refractivity contribution in [2.45, 2.75) is 32.4 Å². The fourth-order valence-corrected chi connectivity index (χ4v) is 3.58. The lowest BCUT2D eigenvalue weighted by atomic mass is 10.0. The molecule has 0 bridgehead atoms. The van der Waals surface area contributed by atoms with Crippen LogP contribution in [0, 0.1) is 0 Å². The number of methoxy groups -OCH3 is 1. The Hall–Kier alpha value is -4.19. The van der Waals surface area contributed by atoms with Crippen molar-refractivity contribution in [3.05, 3.63) is 101 Å². The van der Waals surface area contributed by atoms with Crippen LogP contribution in [0.25, 0.3) is 11.6 Å². The lowest BCUT2D eigenvalue weighted by molar-refractivity contribution is -0.115. The molecule has 6 heteroatoms. The Morgan fingerprint density at radius 3 is 2.03 bits per heavy atom. The van der Waals surface area contributed by atoms with Gasteiger partial charge in [-0.2, -0.15) is 0 Å². The van der Waals surface area contributed by atoms with Gasteiger partial charge in [-0.1, -0.05) is 48.5 Å². The molecule has 0 unspecified atom stereocenters. The summed E-state index contributed by atoms with van der Waals surface area (Å²) in [5.74, 6) is 0.420. The molecule has 0 saturated heterocycles. The van der Waals surface area contributed by atoms with Gasteiger partial charge in [0, 0.05) is 29.3 Å². The number of carbonyl (C=O) groups excluding carboxylic acids is 3. The van der Waals surface area contributed by atoms with Gasteiger partial charge >= 0.3 is 0 Å². The fourth-order valence-electron chi connectivity index (χ4n) is 3.58. The highest BCUT2D eigenvalue weighted by molar-refractivity contribution is 6.24. The second-order valence-electron chi connectivity index (χ2n) is 8.59. The first kappa shape index (κ1) is 24.0. The van der Waals surface area contributed by atoms with E-state index >= 15 is 0 Å². The molecule has 0 atom stereocenters. The second-order valence-corrected chi connectivity index (χ2v) is 8.59. The Kier molecular flexibility index (Phi) is 7.41. The summed E-state index contributed by atoms with van der Waals surface area (Å²) in [4.78, 5) is 36.9. The van der Waals surface area contributed by atoms with E-state index in [0.717, 1.165) is 35.3 Å². The van der Waals surface area contributed by atoms with Crippen LogP contribution in [0.3, 0.4) is 0 Å². The SMILES string of the molecule is COc1ccc(/C(=C\c2ccc(C(=O)NCc3ccc(C(C)=O)cc3)cc2)C(=O)NC2CC2)cc1. The van der Waals surface area contributed by atoms with Gasteiger partial charge in [-0.05, 0) is 66.8 Å². The van der Waals surface area contributed by atoms with E-state index in [-0.39, 0.29) is 23.6 Å². The summed E-state index contributed by atoms with van der Waals surface area (Å²) < 4.78 is 5.23. The molecule has 35 heavy (non-hydrogen) atoms. The van der Waals surface area contributed by atoms with Gasteiger partial charge in [0.05, 0.1) is 7.11 Å². The standard InChI is InChI=1S/C29H28N2O4/c1-19(32)22-7-5-21(6-8-22)18-30-28(33)24-9-3-20(4-10-24)17-27(29(34)31-25-13-14-25)23-11-15-26(35-2)16-12-23/h3-12,15-17,25H,13-14,18H2,1-2H3,(H,30,33)(H,31,34)/b27-17+. The third-order valence-corrected chi connectivity index (χ3v) is 5.86. The van der Waals surface area contributed by atoms with E-state index in [1.54, 1.807) is 31.4 Å². The van der Waals surface area contributed by atoms with Gasteiger partial charge in [-0.15, -0.1) is 0 Å².